The average molecular weight is 308 g/mol. The molecule has 0 radical (unpaired) electrons. The second kappa shape index (κ2) is 5.33. The quantitative estimate of drug-likeness (QED) is 0.922. The molecule has 2 aromatic rings. The van der Waals surface area contributed by atoms with E-state index in [-0.39, 0.29) is 18.2 Å². The molecule has 1 aliphatic heterocycles. The van der Waals surface area contributed by atoms with Crippen LogP contribution in [0, 0.1) is 11.6 Å². The van der Waals surface area contributed by atoms with E-state index in [1.165, 1.54) is 29.2 Å². The normalized spacial score (nSPS) is 18.0. The zero-order valence-corrected chi connectivity index (χ0v) is 11.7. The van der Waals surface area contributed by atoms with Crippen molar-refractivity contribution in [3.63, 3.8) is 0 Å². The minimum Gasteiger partial charge on any atom is -0.369 e. The summed E-state index contributed by atoms with van der Waals surface area (Å²) in [6.45, 7) is 0.247. The molecular formula is C15H12ClF2N3. The SMILES string of the molecule is NC1=NCC(c2cc(Cl)ccc2F)N1c1ccccc1F. The molecule has 1 aliphatic rings. The van der Waals surface area contributed by atoms with E-state index in [1.54, 1.807) is 18.2 Å². The van der Waals surface area contributed by atoms with Crippen molar-refractivity contribution in [1.82, 2.24) is 0 Å². The molecular weight excluding hydrogens is 296 g/mol. The van der Waals surface area contributed by atoms with E-state index in [1.807, 2.05) is 0 Å². The Bertz CT molecular complexity index is 718. The van der Waals surface area contributed by atoms with Gasteiger partial charge in [-0.3, -0.25) is 4.99 Å². The molecule has 0 saturated heterocycles. The van der Waals surface area contributed by atoms with E-state index < -0.39 is 17.7 Å². The molecule has 0 bridgehead atoms. The monoisotopic (exact) mass is 307 g/mol. The lowest BCUT2D eigenvalue weighted by Crippen LogP contribution is -2.37. The van der Waals surface area contributed by atoms with Crippen LogP contribution in [0.4, 0.5) is 14.5 Å². The second-order valence-electron chi connectivity index (χ2n) is 4.70. The summed E-state index contributed by atoms with van der Waals surface area (Å²) < 4.78 is 28.1. The zero-order chi connectivity index (χ0) is 15.0. The van der Waals surface area contributed by atoms with Gasteiger partial charge in [-0.25, -0.2) is 8.78 Å². The number of anilines is 1. The molecule has 0 saturated carbocycles. The summed E-state index contributed by atoms with van der Waals surface area (Å²) in [5, 5.41) is 0.408. The van der Waals surface area contributed by atoms with Gasteiger partial charge in [-0.1, -0.05) is 23.7 Å². The average Bonchev–Trinajstić information content (AvgIpc) is 2.84. The van der Waals surface area contributed by atoms with Crippen molar-refractivity contribution in [3.05, 3.63) is 64.7 Å². The number of benzene rings is 2. The van der Waals surface area contributed by atoms with Crippen LogP contribution in [0.5, 0.6) is 0 Å². The second-order valence-corrected chi connectivity index (χ2v) is 5.14. The molecule has 3 nitrogen and oxygen atoms in total. The van der Waals surface area contributed by atoms with Gasteiger partial charge >= 0.3 is 0 Å². The Balaban J connectivity index is 2.07. The Kier molecular flexibility index (Phi) is 3.51. The van der Waals surface area contributed by atoms with Crippen LogP contribution in [0.1, 0.15) is 11.6 Å². The summed E-state index contributed by atoms with van der Waals surface area (Å²) in [5.74, 6) is -0.704. The van der Waals surface area contributed by atoms with Gasteiger partial charge in [0, 0.05) is 10.6 Å². The lowest BCUT2D eigenvalue weighted by Gasteiger charge is -2.27. The Morgan fingerprint density at radius 2 is 1.90 bits per heavy atom. The molecule has 0 aliphatic carbocycles. The Morgan fingerprint density at radius 1 is 1.14 bits per heavy atom. The standard InChI is InChI=1S/C15H12ClF2N3/c16-9-5-6-11(17)10(7-9)14-8-20-15(19)21(14)13-4-2-1-3-12(13)18/h1-7,14H,8H2,(H2,19,20). The van der Waals surface area contributed by atoms with Crippen molar-refractivity contribution in [2.24, 2.45) is 10.7 Å². The van der Waals surface area contributed by atoms with Gasteiger partial charge in [-0.2, -0.15) is 0 Å². The number of rotatable bonds is 2. The van der Waals surface area contributed by atoms with Gasteiger partial charge in [0.25, 0.3) is 0 Å². The molecule has 0 aromatic heterocycles. The molecule has 1 atom stereocenters. The van der Waals surface area contributed by atoms with Crippen LogP contribution in [-0.2, 0) is 0 Å². The van der Waals surface area contributed by atoms with E-state index >= 15 is 0 Å². The van der Waals surface area contributed by atoms with Crippen molar-refractivity contribution in [2.75, 3.05) is 11.4 Å². The van der Waals surface area contributed by atoms with E-state index in [2.05, 4.69) is 4.99 Å². The van der Waals surface area contributed by atoms with Crippen molar-refractivity contribution >= 4 is 23.2 Å². The highest BCUT2D eigenvalue weighted by Gasteiger charge is 2.32. The molecule has 21 heavy (non-hydrogen) atoms. The number of aliphatic imine (C=N–C) groups is 1. The first-order valence-electron chi connectivity index (χ1n) is 6.36. The predicted molar refractivity (Wildman–Crippen MR) is 79.5 cm³/mol. The van der Waals surface area contributed by atoms with Gasteiger partial charge < -0.3 is 10.6 Å². The first-order chi connectivity index (χ1) is 10.1. The van der Waals surface area contributed by atoms with Crippen LogP contribution in [0.2, 0.25) is 5.02 Å². The summed E-state index contributed by atoms with van der Waals surface area (Å²) >= 11 is 5.93. The topological polar surface area (TPSA) is 41.6 Å². The fourth-order valence-corrected chi connectivity index (χ4v) is 2.62. The molecule has 2 N–H and O–H groups in total. The van der Waals surface area contributed by atoms with Crippen LogP contribution >= 0.6 is 11.6 Å². The minimum atomic E-state index is -0.513. The highest BCUT2D eigenvalue weighted by molar-refractivity contribution is 6.30. The molecule has 1 heterocycles. The van der Waals surface area contributed by atoms with Gasteiger partial charge in [0.2, 0.25) is 0 Å². The first kappa shape index (κ1) is 13.8. The Labute approximate surface area is 125 Å². The molecule has 3 rings (SSSR count). The number of nitrogens with two attached hydrogens (primary N) is 1. The van der Waals surface area contributed by atoms with Crippen LogP contribution < -0.4 is 10.6 Å². The van der Waals surface area contributed by atoms with Gasteiger partial charge in [-0.15, -0.1) is 0 Å². The zero-order valence-electron chi connectivity index (χ0n) is 10.9. The van der Waals surface area contributed by atoms with Gasteiger partial charge in [-0.05, 0) is 30.3 Å². The van der Waals surface area contributed by atoms with Crippen LogP contribution in [-0.4, -0.2) is 12.5 Å². The number of hydrogen-bond donors (Lipinski definition) is 1. The summed E-state index contributed by atoms with van der Waals surface area (Å²) in [7, 11) is 0. The Hall–Kier alpha value is -2.14. The van der Waals surface area contributed by atoms with Crippen molar-refractivity contribution in [2.45, 2.75) is 6.04 Å². The third kappa shape index (κ3) is 2.45. The van der Waals surface area contributed by atoms with E-state index in [0.29, 0.717) is 10.6 Å². The number of halogens is 3. The summed E-state index contributed by atoms with van der Waals surface area (Å²) in [5.41, 5.74) is 6.46. The van der Waals surface area contributed by atoms with Crippen molar-refractivity contribution in [1.29, 1.82) is 0 Å². The number of hydrogen-bond acceptors (Lipinski definition) is 3. The van der Waals surface area contributed by atoms with E-state index in [4.69, 9.17) is 17.3 Å². The first-order valence-corrected chi connectivity index (χ1v) is 6.74. The van der Waals surface area contributed by atoms with Crippen LogP contribution in [0.25, 0.3) is 0 Å². The lowest BCUT2D eigenvalue weighted by atomic mass is 10.0. The van der Waals surface area contributed by atoms with Crippen molar-refractivity contribution < 1.29 is 8.78 Å². The summed E-state index contributed by atoms with van der Waals surface area (Å²) in [6.07, 6.45) is 0. The molecule has 0 amide bonds. The lowest BCUT2D eigenvalue weighted by molar-refractivity contribution is 0.582. The fourth-order valence-electron chi connectivity index (χ4n) is 2.44. The molecule has 0 spiro atoms. The highest BCUT2D eigenvalue weighted by atomic mass is 35.5. The molecule has 1 unspecified atom stereocenters. The molecule has 108 valence electrons. The maximum Gasteiger partial charge on any atom is 0.196 e. The number of nitrogens with zero attached hydrogens (tertiary/aromatic N) is 2. The maximum atomic E-state index is 14.1. The third-order valence-corrected chi connectivity index (χ3v) is 3.65. The highest BCUT2D eigenvalue weighted by Crippen LogP contribution is 2.34. The third-order valence-electron chi connectivity index (χ3n) is 3.41. The largest absolute Gasteiger partial charge is 0.369 e. The molecule has 2 aromatic carbocycles. The smallest absolute Gasteiger partial charge is 0.196 e. The molecule has 6 heteroatoms. The number of para-hydroxylation sites is 1. The van der Waals surface area contributed by atoms with Gasteiger partial charge in [0.05, 0.1) is 18.3 Å². The predicted octanol–water partition coefficient (Wildman–Crippen LogP) is 3.49. The number of guanidine groups is 1. The summed E-state index contributed by atoms with van der Waals surface area (Å²) in [4.78, 5) is 5.60. The fraction of sp³-hybridized carbons (Fsp3) is 0.133. The summed E-state index contributed by atoms with van der Waals surface area (Å²) in [6, 6.07) is 9.93. The van der Waals surface area contributed by atoms with E-state index in [9.17, 15) is 8.78 Å². The van der Waals surface area contributed by atoms with Gasteiger partial charge in [0.1, 0.15) is 11.6 Å². The van der Waals surface area contributed by atoms with Crippen LogP contribution in [0.3, 0.4) is 0 Å². The minimum absolute atomic E-state index is 0.157. The molecule has 0 fully saturated rings. The maximum absolute atomic E-state index is 14.1. The van der Waals surface area contributed by atoms with Crippen LogP contribution in [0.15, 0.2) is 47.5 Å². The van der Waals surface area contributed by atoms with Gasteiger partial charge in [0.15, 0.2) is 5.96 Å². The van der Waals surface area contributed by atoms with E-state index in [0.717, 1.165) is 0 Å². The van der Waals surface area contributed by atoms with Crippen molar-refractivity contribution in [3.8, 4) is 0 Å². The Morgan fingerprint density at radius 3 is 2.67 bits per heavy atom.